The van der Waals surface area contributed by atoms with Gasteiger partial charge < -0.3 is 18.7 Å². The number of benzene rings is 3. The monoisotopic (exact) mass is 479 g/mol. The minimum absolute atomic E-state index is 0.356. The van der Waals surface area contributed by atoms with Gasteiger partial charge in [0.1, 0.15) is 17.2 Å². The third-order valence-corrected chi connectivity index (χ3v) is 8.03. The van der Waals surface area contributed by atoms with Crippen molar-refractivity contribution in [3.05, 3.63) is 81.9 Å². The fourth-order valence-corrected chi connectivity index (χ4v) is 6.53. The SMILES string of the molecule is CCCP1(=O)Oc2c(C)cc(C)cc2CN(c2ccc(OC)cc2)Cc2cc(C)cc(C)c2O1. The van der Waals surface area contributed by atoms with E-state index in [1.54, 1.807) is 7.11 Å². The van der Waals surface area contributed by atoms with Gasteiger partial charge in [-0.25, -0.2) is 4.57 Å². The highest BCUT2D eigenvalue weighted by atomic mass is 31.2. The van der Waals surface area contributed by atoms with Crippen LogP contribution in [0.15, 0.2) is 48.5 Å². The van der Waals surface area contributed by atoms with E-state index in [1.807, 2.05) is 32.9 Å². The van der Waals surface area contributed by atoms with Crippen molar-refractivity contribution >= 4 is 13.3 Å². The molecule has 6 heteroatoms. The Morgan fingerprint density at radius 1 is 0.853 bits per heavy atom. The number of hydrogen-bond donors (Lipinski definition) is 0. The molecular formula is C28H34NO4P. The molecule has 0 aliphatic carbocycles. The largest absolute Gasteiger partial charge is 0.497 e. The number of methoxy groups -OCH3 is 1. The van der Waals surface area contributed by atoms with Gasteiger partial charge in [-0.1, -0.05) is 42.3 Å². The summed E-state index contributed by atoms with van der Waals surface area (Å²) in [7, 11) is -1.75. The zero-order valence-corrected chi connectivity index (χ0v) is 21.9. The first-order chi connectivity index (χ1) is 16.2. The van der Waals surface area contributed by atoms with Gasteiger partial charge in [-0.05, 0) is 69.5 Å². The van der Waals surface area contributed by atoms with E-state index in [9.17, 15) is 4.57 Å². The Kier molecular flexibility index (Phi) is 6.95. The van der Waals surface area contributed by atoms with Crippen LogP contribution in [0.2, 0.25) is 0 Å². The van der Waals surface area contributed by atoms with E-state index >= 15 is 0 Å². The van der Waals surface area contributed by atoms with E-state index in [0.29, 0.717) is 37.2 Å². The number of nitrogens with zero attached hydrogens (tertiary/aromatic N) is 1. The minimum atomic E-state index is -3.42. The number of aryl methyl sites for hydroxylation is 4. The molecule has 1 heterocycles. The van der Waals surface area contributed by atoms with Crippen molar-refractivity contribution in [1.29, 1.82) is 0 Å². The van der Waals surface area contributed by atoms with Crippen LogP contribution in [0.4, 0.5) is 5.69 Å². The van der Waals surface area contributed by atoms with Crippen molar-refractivity contribution in [3.8, 4) is 17.2 Å². The zero-order valence-electron chi connectivity index (χ0n) is 21.0. The Hall–Kier alpha value is -2.91. The summed E-state index contributed by atoms with van der Waals surface area (Å²) in [6, 6.07) is 16.5. The molecule has 0 N–H and O–H groups in total. The van der Waals surface area contributed by atoms with Crippen LogP contribution in [0.5, 0.6) is 17.2 Å². The van der Waals surface area contributed by atoms with Crippen molar-refractivity contribution in [3.63, 3.8) is 0 Å². The fourth-order valence-electron chi connectivity index (χ4n) is 4.69. The number of ether oxygens (including phenoxy) is 1. The summed E-state index contributed by atoms with van der Waals surface area (Å²) in [4.78, 5) is 2.30. The van der Waals surface area contributed by atoms with Gasteiger partial charge in [-0.15, -0.1) is 0 Å². The lowest BCUT2D eigenvalue weighted by atomic mass is 10.0. The number of hydrogen-bond acceptors (Lipinski definition) is 5. The smallest absolute Gasteiger partial charge is 0.430 e. The normalized spacial score (nSPS) is 14.9. The van der Waals surface area contributed by atoms with Crippen molar-refractivity contribution in [2.75, 3.05) is 18.2 Å². The molecule has 180 valence electrons. The third kappa shape index (κ3) is 5.10. The maximum atomic E-state index is 14.0. The highest BCUT2D eigenvalue weighted by molar-refractivity contribution is 7.54. The lowest BCUT2D eigenvalue weighted by Gasteiger charge is -2.32. The maximum absolute atomic E-state index is 14.0. The number of anilines is 1. The summed E-state index contributed by atoms with van der Waals surface area (Å²) in [6.45, 7) is 11.4. The van der Waals surface area contributed by atoms with Gasteiger partial charge >= 0.3 is 7.60 Å². The molecule has 0 unspecified atom stereocenters. The second-order valence-electron chi connectivity index (χ2n) is 9.21. The average molecular weight is 480 g/mol. The van der Waals surface area contributed by atoms with Crippen LogP contribution >= 0.6 is 7.60 Å². The Balaban J connectivity index is 1.91. The Morgan fingerprint density at radius 2 is 1.35 bits per heavy atom. The Bertz CT molecular complexity index is 1170. The minimum Gasteiger partial charge on any atom is -0.497 e. The molecule has 0 radical (unpaired) electrons. The second kappa shape index (κ2) is 9.76. The van der Waals surface area contributed by atoms with Crippen molar-refractivity contribution < 1.29 is 18.3 Å². The van der Waals surface area contributed by atoms with Crippen molar-refractivity contribution in [1.82, 2.24) is 0 Å². The first-order valence-electron chi connectivity index (χ1n) is 11.8. The maximum Gasteiger partial charge on any atom is 0.430 e. The molecule has 1 aliphatic heterocycles. The van der Waals surface area contributed by atoms with Crippen LogP contribution in [0.25, 0.3) is 0 Å². The molecule has 0 bridgehead atoms. The summed E-state index contributed by atoms with van der Waals surface area (Å²) in [5.41, 5.74) is 7.28. The van der Waals surface area contributed by atoms with Crippen molar-refractivity contribution in [2.45, 2.75) is 54.1 Å². The highest BCUT2D eigenvalue weighted by Crippen LogP contribution is 2.53. The molecule has 0 spiro atoms. The molecular weight excluding hydrogens is 445 g/mol. The van der Waals surface area contributed by atoms with E-state index in [-0.39, 0.29) is 0 Å². The van der Waals surface area contributed by atoms with Crippen molar-refractivity contribution in [2.24, 2.45) is 0 Å². The van der Waals surface area contributed by atoms with Gasteiger partial charge in [0.2, 0.25) is 0 Å². The molecule has 34 heavy (non-hydrogen) atoms. The van der Waals surface area contributed by atoms with Crippen LogP contribution in [0.3, 0.4) is 0 Å². The first kappa shape index (κ1) is 24.2. The molecule has 4 rings (SSSR count). The highest BCUT2D eigenvalue weighted by Gasteiger charge is 2.32. The first-order valence-corrected chi connectivity index (χ1v) is 13.5. The summed E-state index contributed by atoms with van der Waals surface area (Å²) in [5, 5.41) is 0. The van der Waals surface area contributed by atoms with E-state index in [0.717, 1.165) is 44.8 Å². The third-order valence-electron chi connectivity index (χ3n) is 6.11. The number of fused-ring (bicyclic) bond motifs is 2. The van der Waals surface area contributed by atoms with Crippen LogP contribution in [0.1, 0.15) is 46.7 Å². The van der Waals surface area contributed by atoms with Gasteiger partial charge in [0.05, 0.1) is 13.3 Å². The van der Waals surface area contributed by atoms with Gasteiger partial charge in [0.25, 0.3) is 0 Å². The van der Waals surface area contributed by atoms with Gasteiger partial charge in [0.15, 0.2) is 0 Å². The van der Waals surface area contributed by atoms with Crippen LogP contribution in [0, 0.1) is 27.7 Å². The quantitative estimate of drug-likeness (QED) is 0.362. The lowest BCUT2D eigenvalue weighted by molar-refractivity contribution is 0.377. The molecule has 5 nitrogen and oxygen atoms in total. The summed E-state index contributed by atoms with van der Waals surface area (Å²) in [5.74, 6) is 2.14. The summed E-state index contributed by atoms with van der Waals surface area (Å²) < 4.78 is 32.1. The van der Waals surface area contributed by atoms with Gasteiger partial charge in [0, 0.05) is 29.9 Å². The summed E-state index contributed by atoms with van der Waals surface area (Å²) in [6.07, 6.45) is 1.06. The summed E-state index contributed by atoms with van der Waals surface area (Å²) >= 11 is 0. The predicted octanol–water partition coefficient (Wildman–Crippen LogP) is 7.51. The van der Waals surface area contributed by atoms with E-state index < -0.39 is 7.60 Å². The molecule has 1 aliphatic rings. The van der Waals surface area contributed by atoms with Gasteiger partial charge in [-0.3, -0.25) is 0 Å². The van der Waals surface area contributed by atoms with Crippen LogP contribution < -0.4 is 18.7 Å². The van der Waals surface area contributed by atoms with E-state index in [1.165, 1.54) is 0 Å². The van der Waals surface area contributed by atoms with Crippen LogP contribution in [-0.4, -0.2) is 13.3 Å². The molecule has 0 aromatic heterocycles. The lowest BCUT2D eigenvalue weighted by Crippen LogP contribution is -2.24. The molecule has 3 aromatic carbocycles. The van der Waals surface area contributed by atoms with E-state index in [2.05, 4.69) is 55.1 Å². The fraction of sp³-hybridized carbons (Fsp3) is 0.357. The van der Waals surface area contributed by atoms with Crippen LogP contribution in [-0.2, 0) is 17.7 Å². The zero-order chi connectivity index (χ0) is 24.5. The molecule has 0 saturated carbocycles. The topological polar surface area (TPSA) is 48.0 Å². The standard InChI is InChI=1S/C28H34NO4P/c1-7-12-34(30)32-27-21(4)13-19(2)15-23(27)17-29(25-8-10-26(31-6)11-9-25)18-24-16-20(3)14-22(5)28(24)33-34/h8-11,13-16H,7,12,17-18H2,1-6H3. The molecule has 3 aromatic rings. The molecule has 0 fully saturated rings. The van der Waals surface area contributed by atoms with Gasteiger partial charge in [-0.2, -0.15) is 0 Å². The average Bonchev–Trinajstić information content (AvgIpc) is 2.78. The Labute approximate surface area is 203 Å². The predicted molar refractivity (Wildman–Crippen MR) is 139 cm³/mol. The number of rotatable bonds is 4. The molecule has 0 amide bonds. The Morgan fingerprint density at radius 3 is 1.79 bits per heavy atom. The molecule has 0 saturated heterocycles. The second-order valence-corrected chi connectivity index (χ2v) is 11.2. The van der Waals surface area contributed by atoms with E-state index in [4.69, 9.17) is 13.8 Å². The molecule has 0 atom stereocenters.